The zero-order valence-electron chi connectivity index (χ0n) is 9.08. The van der Waals surface area contributed by atoms with E-state index in [4.69, 9.17) is 0 Å². The van der Waals surface area contributed by atoms with E-state index in [0.717, 1.165) is 0 Å². The number of halogens is 4. The molecule has 0 unspecified atom stereocenters. The SMILES string of the molecule is O=[N+]([O-])OCC(CO[N+](=O)[O-])(CN(F)F)CN(F)F. The Morgan fingerprint density at radius 1 is 0.895 bits per heavy atom. The molecule has 0 aliphatic heterocycles. The van der Waals surface area contributed by atoms with Crippen molar-refractivity contribution in [1.29, 1.82) is 0 Å². The van der Waals surface area contributed by atoms with E-state index in [0.29, 0.717) is 0 Å². The average molecular weight is 296 g/mol. The van der Waals surface area contributed by atoms with Gasteiger partial charge in [-0.3, -0.25) is 0 Å². The van der Waals surface area contributed by atoms with Gasteiger partial charge in [-0.05, 0) is 0 Å². The quantitative estimate of drug-likeness (QED) is 0.248. The summed E-state index contributed by atoms with van der Waals surface area (Å²) in [5, 5.41) is 14.0. The minimum absolute atomic E-state index is 1.23. The second-order valence-corrected chi connectivity index (χ2v) is 3.42. The Morgan fingerprint density at radius 2 is 1.21 bits per heavy atom. The number of hydrogen-bond donors (Lipinski definition) is 0. The first-order chi connectivity index (χ1) is 8.67. The highest BCUT2D eigenvalue weighted by molar-refractivity contribution is 4.80. The van der Waals surface area contributed by atoms with Crippen LogP contribution in [0.2, 0.25) is 0 Å². The monoisotopic (exact) mass is 296 g/mol. The Hall–Kier alpha value is -1.96. The van der Waals surface area contributed by atoms with Crippen molar-refractivity contribution >= 4 is 0 Å². The number of rotatable bonds is 10. The van der Waals surface area contributed by atoms with Crippen molar-refractivity contribution in [1.82, 2.24) is 10.7 Å². The molecule has 0 N–H and O–H groups in total. The van der Waals surface area contributed by atoms with Gasteiger partial charge in [0.25, 0.3) is 10.2 Å². The van der Waals surface area contributed by atoms with E-state index in [1.54, 1.807) is 0 Å². The van der Waals surface area contributed by atoms with Gasteiger partial charge in [-0.25, -0.2) is 0 Å². The fourth-order valence-electron chi connectivity index (χ4n) is 1.16. The molecule has 0 aromatic carbocycles. The van der Waals surface area contributed by atoms with Gasteiger partial charge >= 0.3 is 0 Å². The number of hydrogen-bond acceptors (Lipinski definition) is 8. The van der Waals surface area contributed by atoms with E-state index < -0.39 is 52.6 Å². The van der Waals surface area contributed by atoms with Crippen molar-refractivity contribution < 1.29 is 37.8 Å². The molecular formula is C5H8F4N4O6. The molecule has 0 atom stereocenters. The van der Waals surface area contributed by atoms with Crippen molar-refractivity contribution in [3.63, 3.8) is 0 Å². The summed E-state index contributed by atoms with van der Waals surface area (Å²) in [4.78, 5) is 27.4. The first-order valence-corrected chi connectivity index (χ1v) is 4.40. The van der Waals surface area contributed by atoms with Gasteiger partial charge in [-0.2, -0.15) is 0 Å². The van der Waals surface area contributed by atoms with Gasteiger partial charge in [0, 0.05) is 10.7 Å². The van der Waals surface area contributed by atoms with Crippen LogP contribution < -0.4 is 0 Å². The van der Waals surface area contributed by atoms with E-state index in [1.165, 1.54) is 0 Å². The smallest absolute Gasteiger partial charge is 0.294 e. The van der Waals surface area contributed by atoms with Gasteiger partial charge in [-0.1, -0.05) is 0 Å². The van der Waals surface area contributed by atoms with Crippen LogP contribution in [-0.2, 0) is 9.68 Å². The van der Waals surface area contributed by atoms with Crippen LogP contribution in [0.15, 0.2) is 0 Å². The number of nitrogens with zero attached hydrogens (tertiary/aromatic N) is 4. The predicted molar refractivity (Wildman–Crippen MR) is 46.2 cm³/mol. The maximum Gasteiger partial charge on any atom is 0.294 e. The fraction of sp³-hybridized carbons (Fsp3) is 1.00. The molecule has 0 aromatic rings. The summed E-state index contributed by atoms with van der Waals surface area (Å²) in [6.07, 6.45) is 0. The van der Waals surface area contributed by atoms with E-state index >= 15 is 0 Å². The van der Waals surface area contributed by atoms with Crippen molar-refractivity contribution in [2.45, 2.75) is 0 Å². The van der Waals surface area contributed by atoms with Crippen molar-refractivity contribution in [3.8, 4) is 0 Å². The molecule has 0 amide bonds. The Bertz CT molecular complexity index is 288. The van der Waals surface area contributed by atoms with Crippen molar-refractivity contribution in [2.75, 3.05) is 26.3 Å². The molecule has 0 bridgehead atoms. The molecule has 10 nitrogen and oxygen atoms in total. The molecule has 0 aliphatic carbocycles. The lowest BCUT2D eigenvalue weighted by atomic mass is 9.90. The Labute approximate surface area is 102 Å². The molecule has 0 fully saturated rings. The first-order valence-electron chi connectivity index (χ1n) is 4.40. The topological polar surface area (TPSA) is 111 Å². The summed E-state index contributed by atoms with van der Waals surface area (Å²) >= 11 is 0. The van der Waals surface area contributed by atoms with Crippen LogP contribution in [0.3, 0.4) is 0 Å². The van der Waals surface area contributed by atoms with Gasteiger partial charge < -0.3 is 9.68 Å². The molecular weight excluding hydrogens is 288 g/mol. The van der Waals surface area contributed by atoms with Gasteiger partial charge in [0.05, 0.1) is 18.5 Å². The highest BCUT2D eigenvalue weighted by Crippen LogP contribution is 2.24. The Kier molecular flexibility index (Phi) is 6.70. The zero-order chi connectivity index (χ0) is 15.1. The van der Waals surface area contributed by atoms with E-state index in [9.17, 15) is 38.2 Å². The molecule has 19 heavy (non-hydrogen) atoms. The normalized spacial score (nSPS) is 11.7. The molecule has 0 heterocycles. The fourth-order valence-corrected chi connectivity index (χ4v) is 1.16. The van der Waals surface area contributed by atoms with E-state index in [-0.39, 0.29) is 0 Å². The third-order valence-electron chi connectivity index (χ3n) is 1.86. The third kappa shape index (κ3) is 7.87. The third-order valence-corrected chi connectivity index (χ3v) is 1.86. The summed E-state index contributed by atoms with van der Waals surface area (Å²) in [6.45, 7) is -5.39. The lowest BCUT2D eigenvalue weighted by molar-refractivity contribution is -0.772. The average Bonchev–Trinajstić information content (AvgIpc) is 2.22. The Balaban J connectivity index is 4.93. The highest BCUT2D eigenvalue weighted by atomic mass is 19.4. The van der Waals surface area contributed by atoms with Crippen LogP contribution in [-0.4, -0.2) is 47.2 Å². The van der Waals surface area contributed by atoms with Crippen LogP contribution in [0.5, 0.6) is 0 Å². The largest absolute Gasteiger partial charge is 0.313 e. The molecule has 14 heteroatoms. The maximum absolute atomic E-state index is 12.1. The second-order valence-electron chi connectivity index (χ2n) is 3.42. The molecule has 0 aromatic heterocycles. The molecule has 0 saturated carbocycles. The summed E-state index contributed by atoms with van der Waals surface area (Å²) in [5.74, 6) is 0. The summed E-state index contributed by atoms with van der Waals surface area (Å²) in [5.41, 5.74) is -2.37. The molecule has 0 rings (SSSR count). The van der Waals surface area contributed by atoms with Crippen LogP contribution in [0, 0.1) is 25.6 Å². The Morgan fingerprint density at radius 3 is 1.42 bits per heavy atom. The van der Waals surface area contributed by atoms with Gasteiger partial charge in [0.2, 0.25) is 0 Å². The van der Waals surface area contributed by atoms with Gasteiger partial charge in [0.15, 0.2) is 0 Å². The first kappa shape index (κ1) is 17.0. The van der Waals surface area contributed by atoms with Crippen LogP contribution in [0.4, 0.5) is 17.9 Å². The van der Waals surface area contributed by atoms with Crippen LogP contribution >= 0.6 is 0 Å². The van der Waals surface area contributed by atoms with Crippen molar-refractivity contribution in [2.24, 2.45) is 5.41 Å². The molecule has 0 aliphatic rings. The summed E-state index contributed by atoms with van der Waals surface area (Å²) < 4.78 is 48.6. The zero-order valence-corrected chi connectivity index (χ0v) is 9.08. The standard InChI is InChI=1S/C5H8F4N4O6/c6-10(7)1-5(2-11(8)9,3-18-12(14)15)4-19-13(16)17/h1-4H2. The van der Waals surface area contributed by atoms with Gasteiger partial charge in [0.1, 0.15) is 13.2 Å². The summed E-state index contributed by atoms with van der Waals surface area (Å²) in [6, 6.07) is 0. The lowest BCUT2D eigenvalue weighted by Crippen LogP contribution is -2.46. The molecule has 0 radical (unpaired) electrons. The van der Waals surface area contributed by atoms with Crippen LogP contribution in [0.1, 0.15) is 0 Å². The van der Waals surface area contributed by atoms with E-state index in [1.807, 2.05) is 0 Å². The highest BCUT2D eigenvalue weighted by Gasteiger charge is 2.39. The van der Waals surface area contributed by atoms with Crippen molar-refractivity contribution in [3.05, 3.63) is 20.2 Å². The minimum Gasteiger partial charge on any atom is -0.313 e. The van der Waals surface area contributed by atoms with Gasteiger partial charge in [-0.15, -0.1) is 38.2 Å². The lowest BCUT2D eigenvalue weighted by Gasteiger charge is -2.30. The summed E-state index contributed by atoms with van der Waals surface area (Å²) in [7, 11) is 0. The van der Waals surface area contributed by atoms with Crippen LogP contribution in [0.25, 0.3) is 0 Å². The molecule has 112 valence electrons. The minimum atomic E-state index is -2.37. The predicted octanol–water partition coefficient (Wildman–Crippen LogP) is 0.531. The molecule has 0 spiro atoms. The second kappa shape index (κ2) is 7.47. The molecule has 0 saturated heterocycles. The maximum atomic E-state index is 12.1. The van der Waals surface area contributed by atoms with E-state index in [2.05, 4.69) is 9.68 Å².